The number of carboxylic acid groups (broad SMARTS) is 1. The number of aliphatic carboxylic acids is 1. The molecular weight excluding hydrogens is 304 g/mol. The minimum atomic E-state index is -0.795. The molecule has 1 N–H and O–H groups in total. The summed E-state index contributed by atoms with van der Waals surface area (Å²) in [5.74, 6) is -0.795. The van der Waals surface area contributed by atoms with E-state index in [1.54, 1.807) is 11.3 Å². The third-order valence-corrected chi connectivity index (χ3v) is 4.70. The van der Waals surface area contributed by atoms with Gasteiger partial charge in [0.2, 0.25) is 0 Å². The van der Waals surface area contributed by atoms with Crippen molar-refractivity contribution in [3.63, 3.8) is 0 Å². The number of thiophene rings is 1. The van der Waals surface area contributed by atoms with Crippen LogP contribution < -0.4 is 4.90 Å². The molecule has 2 aromatic rings. The molecule has 0 bridgehead atoms. The predicted molar refractivity (Wildman–Crippen MR) is 79.5 cm³/mol. The topological polar surface area (TPSA) is 53.4 Å². The zero-order valence-corrected chi connectivity index (χ0v) is 12.7. The van der Waals surface area contributed by atoms with Gasteiger partial charge in [0.05, 0.1) is 23.0 Å². The van der Waals surface area contributed by atoms with E-state index in [0.717, 1.165) is 21.7 Å². The van der Waals surface area contributed by atoms with E-state index in [1.807, 2.05) is 29.5 Å². The highest BCUT2D eigenvalue weighted by molar-refractivity contribution is 7.16. The second-order valence-corrected chi connectivity index (χ2v) is 6.71. The van der Waals surface area contributed by atoms with Crippen molar-refractivity contribution in [2.24, 2.45) is 0 Å². The van der Waals surface area contributed by atoms with E-state index >= 15 is 0 Å². The van der Waals surface area contributed by atoms with Gasteiger partial charge in [0.15, 0.2) is 5.13 Å². The van der Waals surface area contributed by atoms with Gasteiger partial charge in [0.25, 0.3) is 0 Å². The number of rotatable bonds is 6. The first-order valence-electron chi connectivity index (χ1n) is 5.66. The lowest BCUT2D eigenvalue weighted by atomic mass is 10.2. The zero-order chi connectivity index (χ0) is 13.8. The number of anilines is 1. The summed E-state index contributed by atoms with van der Waals surface area (Å²) in [5, 5.41) is 11.4. The molecule has 0 aromatic carbocycles. The molecule has 0 aliphatic carbocycles. The summed E-state index contributed by atoms with van der Waals surface area (Å²) in [6.45, 7) is 0.753. The highest BCUT2D eigenvalue weighted by atomic mass is 35.5. The standard InChI is InChI=1S/C12H13ClN2O2S2/c1-15(6-9-3-4-10(13)19-9)12-14-8(7-18-12)2-5-11(16)17/h3-4,7H,2,5-6H2,1H3,(H,16,17). The molecule has 2 aromatic heterocycles. The minimum absolute atomic E-state index is 0.118. The van der Waals surface area contributed by atoms with Gasteiger partial charge >= 0.3 is 5.97 Å². The van der Waals surface area contributed by atoms with E-state index in [0.29, 0.717) is 6.42 Å². The lowest BCUT2D eigenvalue weighted by molar-refractivity contribution is -0.136. The first-order chi connectivity index (χ1) is 9.04. The molecule has 4 nitrogen and oxygen atoms in total. The van der Waals surface area contributed by atoms with Gasteiger partial charge in [-0.2, -0.15) is 0 Å². The normalized spacial score (nSPS) is 10.6. The summed E-state index contributed by atoms with van der Waals surface area (Å²) in [6.07, 6.45) is 0.595. The fourth-order valence-electron chi connectivity index (χ4n) is 1.56. The Labute approximate surface area is 124 Å². The summed E-state index contributed by atoms with van der Waals surface area (Å²) < 4.78 is 0.782. The Hall–Kier alpha value is -1.11. The maximum Gasteiger partial charge on any atom is 0.303 e. The Morgan fingerprint density at radius 3 is 2.95 bits per heavy atom. The molecule has 0 saturated carbocycles. The quantitative estimate of drug-likeness (QED) is 0.886. The first kappa shape index (κ1) is 14.3. The van der Waals surface area contributed by atoms with Crippen LogP contribution in [0.25, 0.3) is 0 Å². The summed E-state index contributed by atoms with van der Waals surface area (Å²) >= 11 is 8.98. The van der Waals surface area contributed by atoms with Crippen LogP contribution in [0.15, 0.2) is 17.5 Å². The van der Waals surface area contributed by atoms with Crippen LogP contribution in [-0.4, -0.2) is 23.1 Å². The largest absolute Gasteiger partial charge is 0.481 e. The third kappa shape index (κ3) is 4.19. The molecule has 0 atom stereocenters. The van der Waals surface area contributed by atoms with Crippen LogP contribution >= 0.6 is 34.3 Å². The number of hydrogen-bond acceptors (Lipinski definition) is 5. The number of nitrogens with zero attached hydrogens (tertiary/aromatic N) is 2. The van der Waals surface area contributed by atoms with E-state index in [9.17, 15) is 4.79 Å². The van der Waals surface area contributed by atoms with Crippen LogP contribution in [0.5, 0.6) is 0 Å². The summed E-state index contributed by atoms with van der Waals surface area (Å²) in [5.41, 5.74) is 0.832. The van der Waals surface area contributed by atoms with Gasteiger partial charge in [0.1, 0.15) is 0 Å². The number of thiazole rings is 1. The van der Waals surface area contributed by atoms with Crippen molar-refractivity contribution >= 4 is 45.4 Å². The summed E-state index contributed by atoms with van der Waals surface area (Å²) in [7, 11) is 1.97. The molecule has 0 aliphatic heterocycles. The third-order valence-electron chi connectivity index (χ3n) is 2.48. The monoisotopic (exact) mass is 316 g/mol. The zero-order valence-electron chi connectivity index (χ0n) is 10.3. The van der Waals surface area contributed by atoms with E-state index in [-0.39, 0.29) is 6.42 Å². The number of carbonyl (C=O) groups is 1. The van der Waals surface area contributed by atoms with E-state index in [2.05, 4.69) is 4.98 Å². The van der Waals surface area contributed by atoms with Gasteiger partial charge in [-0.25, -0.2) is 4.98 Å². The van der Waals surface area contributed by atoms with Crippen LogP contribution in [-0.2, 0) is 17.8 Å². The van der Waals surface area contributed by atoms with Crippen LogP contribution in [0.4, 0.5) is 5.13 Å². The average molecular weight is 317 g/mol. The average Bonchev–Trinajstić information content (AvgIpc) is 2.95. The molecular formula is C12H13ClN2O2S2. The second kappa shape index (κ2) is 6.36. The molecule has 19 heavy (non-hydrogen) atoms. The second-order valence-electron chi connectivity index (χ2n) is 4.08. The molecule has 0 saturated heterocycles. The summed E-state index contributed by atoms with van der Waals surface area (Å²) in [4.78, 5) is 18.2. The molecule has 2 heterocycles. The summed E-state index contributed by atoms with van der Waals surface area (Å²) in [6, 6.07) is 3.89. The number of hydrogen-bond donors (Lipinski definition) is 1. The van der Waals surface area contributed by atoms with Gasteiger partial charge in [0, 0.05) is 23.7 Å². The van der Waals surface area contributed by atoms with E-state index in [1.165, 1.54) is 16.2 Å². The van der Waals surface area contributed by atoms with Crippen molar-refractivity contribution < 1.29 is 9.90 Å². The molecule has 0 spiro atoms. The van der Waals surface area contributed by atoms with Crippen LogP contribution in [0.1, 0.15) is 17.0 Å². The molecule has 0 aliphatic rings. The molecule has 0 unspecified atom stereocenters. The van der Waals surface area contributed by atoms with E-state index < -0.39 is 5.97 Å². The molecule has 102 valence electrons. The van der Waals surface area contributed by atoms with Crippen molar-refractivity contribution in [3.05, 3.63) is 32.4 Å². The maximum absolute atomic E-state index is 10.5. The fraction of sp³-hybridized carbons (Fsp3) is 0.333. The molecule has 0 radical (unpaired) electrons. The number of carboxylic acids is 1. The van der Waals surface area contributed by atoms with Crippen molar-refractivity contribution in [1.82, 2.24) is 4.98 Å². The van der Waals surface area contributed by atoms with Crippen LogP contribution in [0.3, 0.4) is 0 Å². The van der Waals surface area contributed by atoms with Crippen molar-refractivity contribution in [2.75, 3.05) is 11.9 Å². The number of aromatic nitrogens is 1. The van der Waals surface area contributed by atoms with Crippen molar-refractivity contribution in [1.29, 1.82) is 0 Å². The Bertz CT molecular complexity index is 568. The molecule has 0 amide bonds. The van der Waals surface area contributed by atoms with E-state index in [4.69, 9.17) is 16.7 Å². The smallest absolute Gasteiger partial charge is 0.303 e. The predicted octanol–water partition coefficient (Wildman–Crippen LogP) is 3.51. The van der Waals surface area contributed by atoms with Gasteiger partial charge in [-0.3, -0.25) is 4.79 Å². The number of halogens is 1. The minimum Gasteiger partial charge on any atom is -0.481 e. The van der Waals surface area contributed by atoms with Crippen LogP contribution in [0.2, 0.25) is 4.34 Å². The van der Waals surface area contributed by atoms with Crippen LogP contribution in [0, 0.1) is 0 Å². The maximum atomic E-state index is 10.5. The Kier molecular flexibility index (Phi) is 4.79. The van der Waals surface area contributed by atoms with Gasteiger partial charge in [-0.05, 0) is 12.1 Å². The number of aryl methyl sites for hydroxylation is 1. The first-order valence-corrected chi connectivity index (χ1v) is 7.73. The van der Waals surface area contributed by atoms with Gasteiger partial charge in [-0.15, -0.1) is 22.7 Å². The highest BCUT2D eigenvalue weighted by Crippen LogP contribution is 2.26. The lowest BCUT2D eigenvalue weighted by Crippen LogP contribution is -2.15. The Balaban J connectivity index is 1.95. The van der Waals surface area contributed by atoms with Gasteiger partial charge < -0.3 is 10.0 Å². The van der Waals surface area contributed by atoms with Gasteiger partial charge in [-0.1, -0.05) is 11.6 Å². The molecule has 0 fully saturated rings. The van der Waals surface area contributed by atoms with Crippen molar-refractivity contribution in [3.8, 4) is 0 Å². The molecule has 2 rings (SSSR count). The Morgan fingerprint density at radius 1 is 1.53 bits per heavy atom. The SMILES string of the molecule is CN(Cc1ccc(Cl)s1)c1nc(CCC(=O)O)cs1. The van der Waals surface area contributed by atoms with Crippen molar-refractivity contribution in [2.45, 2.75) is 19.4 Å². The fourth-order valence-corrected chi connectivity index (χ4v) is 3.53. The molecule has 7 heteroatoms. The highest BCUT2D eigenvalue weighted by Gasteiger charge is 2.10. The Morgan fingerprint density at radius 2 is 2.32 bits per heavy atom. The lowest BCUT2D eigenvalue weighted by Gasteiger charge is -2.14.